The van der Waals surface area contributed by atoms with Crippen LogP contribution in [-0.2, 0) is 16.1 Å². The minimum absolute atomic E-state index is 0.245. The van der Waals surface area contributed by atoms with Gasteiger partial charge in [-0.3, -0.25) is 9.59 Å². The Morgan fingerprint density at radius 2 is 1.94 bits per heavy atom. The van der Waals surface area contributed by atoms with Crippen molar-refractivity contribution < 1.29 is 9.53 Å². The van der Waals surface area contributed by atoms with E-state index in [0.717, 1.165) is 16.3 Å². The number of hydrogen-bond acceptors (Lipinski definition) is 7. The largest absolute Gasteiger partial charge is 0.378 e. The second-order valence-corrected chi connectivity index (χ2v) is 9.37. The number of fused-ring (bicyclic) bond motifs is 1. The van der Waals surface area contributed by atoms with Crippen molar-refractivity contribution in [3.63, 3.8) is 0 Å². The molecule has 0 aliphatic carbocycles. The first-order chi connectivity index (χ1) is 16.5. The summed E-state index contributed by atoms with van der Waals surface area (Å²) in [7, 11) is 0. The molecule has 1 N–H and O–H groups in total. The summed E-state index contributed by atoms with van der Waals surface area (Å²) in [4.78, 5) is 32.9. The highest BCUT2D eigenvalue weighted by atomic mass is 35.5. The Labute approximate surface area is 204 Å². The lowest BCUT2D eigenvalue weighted by Gasteiger charge is -2.25. The number of halogens is 1. The Hall–Kier alpha value is -3.27. The third kappa shape index (κ3) is 4.54. The number of nitrogens with zero attached hydrogens (tertiary/aromatic N) is 4. The smallest absolute Gasteiger partial charge is 0.294 e. The maximum atomic E-state index is 13.3. The Morgan fingerprint density at radius 3 is 2.71 bits per heavy atom. The van der Waals surface area contributed by atoms with Crippen molar-refractivity contribution in [2.75, 3.05) is 36.5 Å². The summed E-state index contributed by atoms with van der Waals surface area (Å²) in [6, 6.07) is 14.9. The van der Waals surface area contributed by atoms with E-state index in [2.05, 4.69) is 20.3 Å². The fourth-order valence-electron chi connectivity index (χ4n) is 3.78. The zero-order valence-electron chi connectivity index (χ0n) is 18.5. The van der Waals surface area contributed by atoms with Gasteiger partial charge in [-0.1, -0.05) is 59.3 Å². The molecular formula is C24H22ClN5O3S. The van der Waals surface area contributed by atoms with Gasteiger partial charge in [0.05, 0.1) is 17.9 Å². The number of carbonyl (C=O) groups excluding carboxylic acids is 1. The molecule has 2 aromatic carbocycles. The first kappa shape index (κ1) is 22.5. The van der Waals surface area contributed by atoms with Crippen LogP contribution in [-0.4, -0.2) is 47.0 Å². The standard InChI is InChI=1S/C24H22ClN5O3S/c1-15-7-8-17(25)13-18(15)26-19(31)14-30-23(32)21-22(20(28-30)16-5-3-2-4-6-16)34-24(27-21)29-9-11-33-12-10-29/h2-8,13H,9-12,14H2,1H3,(H,26,31). The van der Waals surface area contributed by atoms with Gasteiger partial charge in [-0.15, -0.1) is 0 Å². The summed E-state index contributed by atoms with van der Waals surface area (Å²) in [6.07, 6.45) is 0. The van der Waals surface area contributed by atoms with Crippen LogP contribution >= 0.6 is 22.9 Å². The summed E-state index contributed by atoms with van der Waals surface area (Å²) in [6.45, 7) is 4.29. The Bertz CT molecular complexity index is 1410. The third-order valence-electron chi connectivity index (χ3n) is 5.58. The molecule has 8 nitrogen and oxygen atoms in total. The Morgan fingerprint density at radius 1 is 1.18 bits per heavy atom. The Kier molecular flexibility index (Phi) is 6.32. The molecule has 10 heteroatoms. The average Bonchev–Trinajstić information content (AvgIpc) is 3.30. The molecular weight excluding hydrogens is 474 g/mol. The van der Waals surface area contributed by atoms with Crippen LogP contribution in [0.4, 0.5) is 10.8 Å². The number of amides is 1. The molecule has 1 aliphatic rings. The molecule has 3 heterocycles. The molecule has 0 atom stereocenters. The number of ether oxygens (including phenoxy) is 1. The monoisotopic (exact) mass is 495 g/mol. The van der Waals surface area contributed by atoms with Gasteiger partial charge >= 0.3 is 0 Å². The topological polar surface area (TPSA) is 89.3 Å². The molecule has 2 aromatic heterocycles. The number of carbonyl (C=O) groups is 1. The first-order valence-corrected chi connectivity index (χ1v) is 12.0. The molecule has 1 aliphatic heterocycles. The number of nitrogens with one attached hydrogen (secondary N) is 1. The summed E-state index contributed by atoms with van der Waals surface area (Å²) in [5.41, 5.74) is 2.85. The van der Waals surface area contributed by atoms with Crippen LogP contribution in [0.3, 0.4) is 0 Å². The van der Waals surface area contributed by atoms with Crippen molar-refractivity contribution >= 4 is 49.9 Å². The van der Waals surface area contributed by atoms with Crippen LogP contribution in [0.1, 0.15) is 5.56 Å². The molecule has 0 unspecified atom stereocenters. The minimum Gasteiger partial charge on any atom is -0.378 e. The Balaban J connectivity index is 1.55. The predicted octanol–water partition coefficient (Wildman–Crippen LogP) is 3.96. The summed E-state index contributed by atoms with van der Waals surface area (Å²) >= 11 is 7.51. The molecule has 5 rings (SSSR count). The van der Waals surface area contributed by atoms with Gasteiger partial charge in [-0.25, -0.2) is 9.67 Å². The van der Waals surface area contributed by atoms with Crippen molar-refractivity contribution in [2.45, 2.75) is 13.5 Å². The van der Waals surface area contributed by atoms with E-state index in [-0.39, 0.29) is 12.5 Å². The van der Waals surface area contributed by atoms with Crippen LogP contribution in [0.15, 0.2) is 53.3 Å². The van der Waals surface area contributed by atoms with Crippen LogP contribution in [0, 0.1) is 6.92 Å². The second kappa shape index (κ2) is 9.54. The molecule has 1 amide bonds. The molecule has 0 bridgehead atoms. The van der Waals surface area contributed by atoms with Gasteiger partial charge < -0.3 is 15.0 Å². The second-order valence-electron chi connectivity index (χ2n) is 7.96. The van der Waals surface area contributed by atoms with Crippen molar-refractivity contribution in [2.24, 2.45) is 0 Å². The molecule has 174 valence electrons. The molecule has 4 aromatic rings. The molecule has 0 saturated carbocycles. The number of morpholine rings is 1. The molecule has 1 saturated heterocycles. The number of thiazole rings is 1. The first-order valence-electron chi connectivity index (χ1n) is 10.9. The summed E-state index contributed by atoms with van der Waals surface area (Å²) in [5, 5.41) is 8.69. The highest BCUT2D eigenvalue weighted by Crippen LogP contribution is 2.34. The minimum atomic E-state index is -0.400. The van der Waals surface area contributed by atoms with E-state index in [4.69, 9.17) is 16.3 Å². The third-order valence-corrected chi connectivity index (χ3v) is 6.94. The molecule has 0 spiro atoms. The van der Waals surface area contributed by atoms with Gasteiger partial charge in [-0.2, -0.15) is 5.10 Å². The van der Waals surface area contributed by atoms with Crippen molar-refractivity contribution in [1.82, 2.24) is 14.8 Å². The van der Waals surface area contributed by atoms with Gasteiger partial charge in [0.15, 0.2) is 10.6 Å². The van der Waals surface area contributed by atoms with Gasteiger partial charge in [0.25, 0.3) is 5.56 Å². The molecule has 1 fully saturated rings. The van der Waals surface area contributed by atoms with Crippen molar-refractivity contribution in [1.29, 1.82) is 0 Å². The quantitative estimate of drug-likeness (QED) is 0.451. The van der Waals surface area contributed by atoms with Crippen LogP contribution in [0.25, 0.3) is 21.5 Å². The van der Waals surface area contributed by atoms with Gasteiger partial charge in [0.1, 0.15) is 12.2 Å². The van der Waals surface area contributed by atoms with Crippen molar-refractivity contribution in [3.05, 3.63) is 69.5 Å². The lowest BCUT2D eigenvalue weighted by Crippen LogP contribution is -2.36. The van der Waals surface area contributed by atoms with Crippen molar-refractivity contribution in [3.8, 4) is 11.3 Å². The lowest BCUT2D eigenvalue weighted by atomic mass is 10.1. The number of benzene rings is 2. The highest BCUT2D eigenvalue weighted by Gasteiger charge is 2.22. The van der Waals surface area contributed by atoms with E-state index in [9.17, 15) is 9.59 Å². The summed E-state index contributed by atoms with van der Waals surface area (Å²) < 4.78 is 7.34. The van der Waals surface area contributed by atoms with Gasteiger partial charge in [0, 0.05) is 29.4 Å². The number of hydrogen-bond donors (Lipinski definition) is 1. The number of rotatable bonds is 5. The van der Waals surface area contributed by atoms with Crippen LogP contribution < -0.4 is 15.8 Å². The SMILES string of the molecule is Cc1ccc(Cl)cc1NC(=O)Cn1nc(-c2ccccc2)c2sc(N3CCOCC3)nc2c1=O. The fraction of sp³-hybridized carbons (Fsp3) is 0.250. The predicted molar refractivity (Wildman–Crippen MR) is 135 cm³/mol. The van der Waals surface area contributed by atoms with E-state index >= 15 is 0 Å². The summed E-state index contributed by atoms with van der Waals surface area (Å²) in [5.74, 6) is -0.373. The van der Waals surface area contributed by atoms with E-state index in [0.29, 0.717) is 52.9 Å². The average molecular weight is 496 g/mol. The van der Waals surface area contributed by atoms with Crippen LogP contribution in [0.2, 0.25) is 5.02 Å². The lowest BCUT2D eigenvalue weighted by molar-refractivity contribution is -0.117. The maximum Gasteiger partial charge on any atom is 0.294 e. The molecule has 34 heavy (non-hydrogen) atoms. The zero-order valence-corrected chi connectivity index (χ0v) is 20.0. The number of anilines is 2. The number of aromatic nitrogens is 3. The van der Waals surface area contributed by atoms with E-state index in [1.165, 1.54) is 16.0 Å². The van der Waals surface area contributed by atoms with E-state index in [1.54, 1.807) is 12.1 Å². The van der Waals surface area contributed by atoms with Gasteiger partial charge in [-0.05, 0) is 24.6 Å². The maximum absolute atomic E-state index is 13.3. The van der Waals surface area contributed by atoms with Gasteiger partial charge in [0.2, 0.25) is 5.91 Å². The zero-order chi connectivity index (χ0) is 23.7. The normalized spacial score (nSPS) is 13.9. The number of aryl methyl sites for hydroxylation is 1. The fourth-order valence-corrected chi connectivity index (χ4v) is 5.07. The molecule has 0 radical (unpaired) electrons. The van der Waals surface area contributed by atoms with E-state index < -0.39 is 5.56 Å². The van der Waals surface area contributed by atoms with Crippen LogP contribution in [0.5, 0.6) is 0 Å². The highest BCUT2D eigenvalue weighted by molar-refractivity contribution is 7.22. The van der Waals surface area contributed by atoms with E-state index in [1.807, 2.05) is 43.3 Å².